The molecule has 10 heteroatoms. The maximum absolute atomic E-state index is 14.8. The van der Waals surface area contributed by atoms with Crippen molar-refractivity contribution in [2.24, 2.45) is 5.92 Å². The highest BCUT2D eigenvalue weighted by Gasteiger charge is 2.57. The molecule has 0 radical (unpaired) electrons. The highest BCUT2D eigenvalue weighted by Crippen LogP contribution is 2.50. The topological polar surface area (TPSA) is 96.8 Å². The van der Waals surface area contributed by atoms with Crippen molar-refractivity contribution in [3.63, 3.8) is 0 Å². The molecule has 5 rings (SSSR count). The number of amides is 1. The van der Waals surface area contributed by atoms with Crippen molar-refractivity contribution in [2.45, 2.75) is 39.1 Å². The SMILES string of the molecule is CC/C=C1\C(C)C1(O)Nc1nc(-c2c(F)cccc2Cl)nc2c1C(=O)N(Cc1ccc(OC)cc1OC)C2. The van der Waals surface area contributed by atoms with E-state index in [9.17, 15) is 14.3 Å². The summed E-state index contributed by atoms with van der Waals surface area (Å²) < 4.78 is 25.6. The number of aromatic nitrogens is 2. The van der Waals surface area contributed by atoms with Gasteiger partial charge in [0.2, 0.25) is 0 Å². The van der Waals surface area contributed by atoms with Crippen molar-refractivity contribution < 1.29 is 23.8 Å². The number of allylic oxidation sites excluding steroid dienone is 1. The van der Waals surface area contributed by atoms with Crippen LogP contribution >= 0.6 is 11.6 Å². The second kappa shape index (κ2) is 9.89. The van der Waals surface area contributed by atoms with E-state index in [0.29, 0.717) is 17.2 Å². The average molecular weight is 539 g/mol. The van der Waals surface area contributed by atoms with Crippen LogP contribution in [0.2, 0.25) is 5.02 Å². The molecule has 0 saturated heterocycles. The first-order valence-electron chi connectivity index (χ1n) is 12.3. The average Bonchev–Trinajstić information content (AvgIpc) is 3.22. The lowest BCUT2D eigenvalue weighted by Crippen LogP contribution is -2.27. The van der Waals surface area contributed by atoms with Gasteiger partial charge in [-0.3, -0.25) is 4.79 Å². The molecule has 1 aromatic heterocycles. The molecule has 1 aliphatic heterocycles. The molecule has 2 atom stereocenters. The lowest BCUT2D eigenvalue weighted by atomic mass is 10.1. The van der Waals surface area contributed by atoms with Crippen molar-refractivity contribution in [1.29, 1.82) is 0 Å². The minimum atomic E-state index is -1.36. The Kier molecular flexibility index (Phi) is 6.75. The number of carbonyl (C=O) groups is 1. The van der Waals surface area contributed by atoms with Gasteiger partial charge in [0.15, 0.2) is 11.5 Å². The number of anilines is 1. The number of hydrogen-bond acceptors (Lipinski definition) is 7. The summed E-state index contributed by atoms with van der Waals surface area (Å²) in [7, 11) is 3.12. The molecule has 1 fully saturated rings. The second-order valence-electron chi connectivity index (χ2n) is 9.33. The van der Waals surface area contributed by atoms with Crippen LogP contribution in [0.25, 0.3) is 11.4 Å². The van der Waals surface area contributed by atoms with E-state index in [1.165, 1.54) is 12.1 Å². The zero-order chi connectivity index (χ0) is 27.2. The molecule has 2 heterocycles. The molecular weight excluding hydrogens is 511 g/mol. The predicted molar refractivity (Wildman–Crippen MR) is 142 cm³/mol. The number of methoxy groups -OCH3 is 2. The number of ether oxygens (including phenoxy) is 2. The summed E-state index contributed by atoms with van der Waals surface area (Å²) in [6, 6.07) is 9.70. The van der Waals surface area contributed by atoms with Crippen LogP contribution in [0.4, 0.5) is 10.2 Å². The van der Waals surface area contributed by atoms with Gasteiger partial charge < -0.3 is 24.8 Å². The number of hydrogen-bond donors (Lipinski definition) is 2. The van der Waals surface area contributed by atoms with E-state index in [2.05, 4.69) is 15.3 Å². The molecule has 1 amide bonds. The van der Waals surface area contributed by atoms with E-state index in [0.717, 1.165) is 17.6 Å². The van der Waals surface area contributed by atoms with Gasteiger partial charge in [-0.2, -0.15) is 0 Å². The summed E-state index contributed by atoms with van der Waals surface area (Å²) in [5.41, 5.74) is 0.897. The Labute approximate surface area is 225 Å². The van der Waals surface area contributed by atoms with Gasteiger partial charge in [-0.25, -0.2) is 14.4 Å². The summed E-state index contributed by atoms with van der Waals surface area (Å²) in [6.45, 7) is 4.26. The van der Waals surface area contributed by atoms with E-state index in [-0.39, 0.29) is 52.7 Å². The molecule has 2 aliphatic rings. The predicted octanol–water partition coefficient (Wildman–Crippen LogP) is 5.20. The summed E-state index contributed by atoms with van der Waals surface area (Å²) in [5, 5.41) is 14.5. The van der Waals surface area contributed by atoms with Crippen LogP contribution in [0, 0.1) is 11.7 Å². The maximum Gasteiger partial charge on any atom is 0.260 e. The van der Waals surface area contributed by atoms with Crippen molar-refractivity contribution in [2.75, 3.05) is 19.5 Å². The van der Waals surface area contributed by atoms with Crippen LogP contribution in [0.3, 0.4) is 0 Å². The number of nitrogens with one attached hydrogen (secondary N) is 1. The molecule has 38 heavy (non-hydrogen) atoms. The highest BCUT2D eigenvalue weighted by molar-refractivity contribution is 6.33. The molecule has 0 spiro atoms. The number of carbonyl (C=O) groups excluding carboxylic acids is 1. The molecule has 198 valence electrons. The van der Waals surface area contributed by atoms with E-state index in [1.54, 1.807) is 37.3 Å². The molecule has 2 aromatic carbocycles. The molecule has 1 aliphatic carbocycles. The number of nitrogens with zero attached hydrogens (tertiary/aromatic N) is 3. The number of fused-ring (bicyclic) bond motifs is 1. The van der Waals surface area contributed by atoms with Gasteiger partial charge in [0.1, 0.15) is 28.7 Å². The normalized spacial score (nSPS) is 21.0. The number of halogens is 2. The summed E-state index contributed by atoms with van der Waals surface area (Å²) in [4.78, 5) is 24.3. The summed E-state index contributed by atoms with van der Waals surface area (Å²) in [5.74, 6) is 0.295. The minimum absolute atomic E-state index is 0.0305. The van der Waals surface area contributed by atoms with Gasteiger partial charge in [-0.1, -0.05) is 37.6 Å². The van der Waals surface area contributed by atoms with Gasteiger partial charge in [0.25, 0.3) is 5.91 Å². The van der Waals surface area contributed by atoms with Gasteiger partial charge in [0, 0.05) is 17.5 Å². The first kappa shape index (κ1) is 25.9. The van der Waals surface area contributed by atoms with Gasteiger partial charge in [0.05, 0.1) is 43.6 Å². The zero-order valence-corrected chi connectivity index (χ0v) is 22.3. The quantitative estimate of drug-likeness (QED) is 0.301. The number of rotatable bonds is 8. The number of aliphatic hydroxyl groups is 1. The first-order valence-corrected chi connectivity index (χ1v) is 12.7. The largest absolute Gasteiger partial charge is 0.497 e. The van der Waals surface area contributed by atoms with Crippen LogP contribution in [0.5, 0.6) is 11.5 Å². The molecular formula is C28H28ClFN4O4. The Morgan fingerprint density at radius 3 is 2.71 bits per heavy atom. The first-order chi connectivity index (χ1) is 18.2. The van der Waals surface area contributed by atoms with E-state index >= 15 is 0 Å². The summed E-state index contributed by atoms with van der Waals surface area (Å²) in [6.07, 6.45) is 2.69. The van der Waals surface area contributed by atoms with Crippen molar-refractivity contribution >= 4 is 23.3 Å². The fourth-order valence-corrected chi connectivity index (χ4v) is 5.14. The monoisotopic (exact) mass is 538 g/mol. The highest BCUT2D eigenvalue weighted by atomic mass is 35.5. The Balaban J connectivity index is 1.56. The lowest BCUT2D eigenvalue weighted by Gasteiger charge is -2.18. The molecule has 8 nitrogen and oxygen atoms in total. The Bertz CT molecular complexity index is 1440. The maximum atomic E-state index is 14.8. The second-order valence-corrected chi connectivity index (χ2v) is 9.74. The van der Waals surface area contributed by atoms with E-state index < -0.39 is 11.5 Å². The third-order valence-corrected chi connectivity index (χ3v) is 7.37. The van der Waals surface area contributed by atoms with E-state index in [4.69, 9.17) is 21.1 Å². The van der Waals surface area contributed by atoms with Crippen molar-refractivity contribution in [3.05, 3.63) is 75.7 Å². The van der Waals surface area contributed by atoms with Crippen LogP contribution in [0.1, 0.15) is 41.9 Å². The fourth-order valence-electron chi connectivity index (χ4n) is 4.89. The van der Waals surface area contributed by atoms with Crippen LogP contribution in [-0.4, -0.2) is 45.8 Å². The molecule has 2 unspecified atom stereocenters. The Morgan fingerprint density at radius 2 is 2.03 bits per heavy atom. The Hall–Kier alpha value is -3.69. The lowest BCUT2D eigenvalue weighted by molar-refractivity contribution is 0.0765. The zero-order valence-electron chi connectivity index (χ0n) is 21.5. The molecule has 3 aromatic rings. The standard InChI is InChI=1S/C28H28ClFN4O4/c1-5-7-18-15(2)28(18,36)33-26-24-21(31-25(32-26)23-19(29)8-6-9-20(23)30)14-34(27(24)35)13-16-10-11-17(37-3)12-22(16)38-4/h6-12,15,36H,5,13-14H2,1-4H3,(H,31,32,33)/b18-7+. The smallest absolute Gasteiger partial charge is 0.260 e. The van der Waals surface area contributed by atoms with Crippen molar-refractivity contribution in [1.82, 2.24) is 14.9 Å². The molecule has 0 bridgehead atoms. The van der Waals surface area contributed by atoms with Gasteiger partial charge in [-0.15, -0.1) is 0 Å². The number of benzene rings is 2. The van der Waals surface area contributed by atoms with Gasteiger partial charge >= 0.3 is 0 Å². The minimum Gasteiger partial charge on any atom is -0.497 e. The summed E-state index contributed by atoms with van der Waals surface area (Å²) >= 11 is 6.32. The van der Waals surface area contributed by atoms with Crippen molar-refractivity contribution in [3.8, 4) is 22.9 Å². The Morgan fingerprint density at radius 1 is 1.24 bits per heavy atom. The van der Waals surface area contributed by atoms with Crippen LogP contribution in [-0.2, 0) is 13.1 Å². The third-order valence-electron chi connectivity index (χ3n) is 7.05. The third kappa shape index (κ3) is 4.35. The van der Waals surface area contributed by atoms with E-state index in [1.807, 2.05) is 26.0 Å². The molecule has 2 N–H and O–H groups in total. The fraction of sp³-hybridized carbons (Fsp3) is 0.321. The van der Waals surface area contributed by atoms with Crippen LogP contribution in [0.15, 0.2) is 48.0 Å². The van der Waals surface area contributed by atoms with Gasteiger partial charge in [-0.05, 0) is 36.3 Å². The molecule has 1 saturated carbocycles. The van der Waals surface area contributed by atoms with Crippen LogP contribution < -0.4 is 14.8 Å².